The van der Waals surface area contributed by atoms with Crippen LogP contribution in [0.5, 0.6) is 0 Å². The Morgan fingerprint density at radius 3 is 2.44 bits per heavy atom. The zero-order valence-corrected chi connectivity index (χ0v) is 24.6. The molecule has 0 spiro atoms. The Morgan fingerprint density at radius 1 is 1.00 bits per heavy atom. The number of nitrogens with zero attached hydrogens (tertiary/aromatic N) is 5. The van der Waals surface area contributed by atoms with E-state index in [4.69, 9.17) is 9.97 Å². The highest BCUT2D eigenvalue weighted by Crippen LogP contribution is 2.44. The molecule has 5 heterocycles. The maximum atomic E-state index is 17.1. The number of benzene rings is 3. The molecule has 4 fully saturated rings. The summed E-state index contributed by atoms with van der Waals surface area (Å²) in [4.78, 5) is 15.0. The minimum Gasteiger partial charge on any atom is -0.353 e. The maximum Gasteiger partial charge on any atom is 0.158 e. The molecule has 0 amide bonds. The summed E-state index contributed by atoms with van der Waals surface area (Å²) in [7, 11) is 0. The fourth-order valence-electron chi connectivity index (χ4n) is 8.72. The first-order chi connectivity index (χ1) is 21.0. The molecule has 6 nitrogen and oxygen atoms in total. The van der Waals surface area contributed by atoms with Crippen LogP contribution in [0.25, 0.3) is 32.8 Å². The summed E-state index contributed by atoms with van der Waals surface area (Å²) in [6.45, 7) is 5.76. The van der Waals surface area contributed by atoms with E-state index in [1.54, 1.807) is 18.2 Å². The predicted octanol–water partition coefficient (Wildman–Crippen LogP) is 6.41. The van der Waals surface area contributed by atoms with E-state index in [9.17, 15) is 5.26 Å². The largest absolute Gasteiger partial charge is 0.353 e. The molecule has 2 atom stereocenters. The van der Waals surface area contributed by atoms with Gasteiger partial charge in [0.25, 0.3) is 0 Å². The van der Waals surface area contributed by atoms with Gasteiger partial charge in [-0.25, -0.2) is 18.7 Å². The molecular weight excluding hydrogens is 542 g/mol. The number of fused-ring (bicyclic) bond motifs is 5. The molecular formula is C35H36F2N6. The molecule has 4 aliphatic heterocycles. The average molecular weight is 579 g/mol. The summed E-state index contributed by atoms with van der Waals surface area (Å²) in [6.07, 6.45) is 8.71. The van der Waals surface area contributed by atoms with Crippen LogP contribution < -0.4 is 10.2 Å². The lowest BCUT2D eigenvalue weighted by Crippen LogP contribution is -2.51. The highest BCUT2D eigenvalue weighted by atomic mass is 19.1. The lowest BCUT2D eigenvalue weighted by atomic mass is 9.88. The molecule has 4 aliphatic rings. The van der Waals surface area contributed by atoms with Gasteiger partial charge in [0.15, 0.2) is 5.82 Å². The van der Waals surface area contributed by atoms with Gasteiger partial charge in [0.1, 0.15) is 29.0 Å². The van der Waals surface area contributed by atoms with Gasteiger partial charge in [-0.15, -0.1) is 0 Å². The van der Waals surface area contributed by atoms with Crippen LogP contribution in [0.1, 0.15) is 61.9 Å². The fraction of sp³-hybridized carbons (Fsp3) is 0.457. The van der Waals surface area contributed by atoms with Crippen molar-refractivity contribution in [1.29, 1.82) is 5.26 Å². The number of nitriles is 1. The van der Waals surface area contributed by atoms with Gasteiger partial charge in [0.2, 0.25) is 0 Å². The summed E-state index contributed by atoms with van der Waals surface area (Å²) in [5, 5.41) is 15.7. The number of rotatable bonds is 5. The molecule has 8 rings (SSSR count). The van der Waals surface area contributed by atoms with Crippen molar-refractivity contribution in [2.45, 2.75) is 75.9 Å². The molecule has 0 saturated carbocycles. The smallest absolute Gasteiger partial charge is 0.158 e. The number of hydrogen-bond donors (Lipinski definition) is 1. The molecule has 43 heavy (non-hydrogen) atoms. The van der Waals surface area contributed by atoms with Crippen molar-refractivity contribution in [3.63, 3.8) is 0 Å². The van der Waals surface area contributed by atoms with Gasteiger partial charge in [-0.05, 0) is 87.5 Å². The number of anilines is 1. The van der Waals surface area contributed by atoms with Crippen molar-refractivity contribution in [2.24, 2.45) is 0 Å². The third kappa shape index (κ3) is 4.23. The van der Waals surface area contributed by atoms with Crippen molar-refractivity contribution >= 4 is 27.5 Å². The molecule has 2 unspecified atom stereocenters. The molecule has 0 aliphatic carbocycles. The summed E-state index contributed by atoms with van der Waals surface area (Å²) in [6, 6.07) is 13.2. The van der Waals surface area contributed by atoms with Gasteiger partial charge in [0.05, 0.1) is 10.9 Å². The van der Waals surface area contributed by atoms with Gasteiger partial charge < -0.3 is 10.2 Å². The van der Waals surface area contributed by atoms with Gasteiger partial charge in [-0.2, -0.15) is 5.26 Å². The predicted molar refractivity (Wildman–Crippen MR) is 165 cm³/mol. The maximum absolute atomic E-state index is 17.1. The molecule has 1 aromatic heterocycles. The highest BCUT2D eigenvalue weighted by molar-refractivity contribution is 6.04. The summed E-state index contributed by atoms with van der Waals surface area (Å²) in [5.41, 5.74) is 1.79. The summed E-state index contributed by atoms with van der Waals surface area (Å²) < 4.78 is 32.4. The lowest BCUT2D eigenvalue weighted by Gasteiger charge is -2.35. The fourth-order valence-corrected chi connectivity index (χ4v) is 8.72. The Kier molecular flexibility index (Phi) is 6.39. The van der Waals surface area contributed by atoms with Crippen LogP contribution in [-0.2, 0) is 6.42 Å². The molecule has 4 aromatic rings. The quantitative estimate of drug-likeness (QED) is 0.295. The molecule has 4 saturated heterocycles. The standard InChI is InChI=1S/C35H36F2N6/c1-21-26(18-38)31(25-8-2-6-22-7-3-9-27(36)30(22)25)32(37)33-29(21)34(42-19-23-10-11-24(20-42)39-23)41-28(40-33)12-15-35-13-4-16-43(35)17-5-14-35/h2-3,6-9,23-24,39H,4-5,10-17,19-20H2,1H3. The first-order valence-electron chi connectivity index (χ1n) is 15.8. The third-order valence-electron chi connectivity index (χ3n) is 10.7. The molecule has 3 aromatic carbocycles. The number of nitrogens with one attached hydrogen (secondary N) is 1. The molecule has 2 bridgehead atoms. The van der Waals surface area contributed by atoms with Gasteiger partial charge in [-0.1, -0.05) is 30.3 Å². The first kappa shape index (κ1) is 26.9. The second-order valence-electron chi connectivity index (χ2n) is 13.1. The van der Waals surface area contributed by atoms with Crippen LogP contribution in [0.4, 0.5) is 14.6 Å². The number of halogens is 2. The molecule has 220 valence electrons. The monoisotopic (exact) mass is 578 g/mol. The number of piperazine rings is 1. The highest BCUT2D eigenvalue weighted by Gasteiger charge is 2.44. The second-order valence-corrected chi connectivity index (χ2v) is 13.1. The van der Waals surface area contributed by atoms with Crippen LogP contribution in [-0.4, -0.2) is 58.7 Å². The Bertz CT molecular complexity index is 1790. The first-order valence-corrected chi connectivity index (χ1v) is 15.8. The zero-order chi connectivity index (χ0) is 29.3. The molecule has 0 radical (unpaired) electrons. The van der Waals surface area contributed by atoms with Gasteiger partial charge in [0, 0.05) is 48.1 Å². The van der Waals surface area contributed by atoms with Crippen LogP contribution >= 0.6 is 0 Å². The van der Waals surface area contributed by atoms with E-state index in [0.717, 1.165) is 51.3 Å². The SMILES string of the molecule is Cc1c(C#N)c(-c2cccc3cccc(F)c23)c(F)c2nc(CCC34CCCN3CCC4)nc(N3CC4CCC(C3)N4)c12. The van der Waals surface area contributed by atoms with Gasteiger partial charge >= 0.3 is 0 Å². The van der Waals surface area contributed by atoms with Crippen molar-refractivity contribution < 1.29 is 8.78 Å². The van der Waals surface area contributed by atoms with Crippen molar-refractivity contribution in [1.82, 2.24) is 20.2 Å². The average Bonchev–Trinajstić information content (AvgIpc) is 3.70. The van der Waals surface area contributed by atoms with Crippen molar-refractivity contribution in [3.8, 4) is 17.2 Å². The van der Waals surface area contributed by atoms with Crippen LogP contribution in [0.2, 0.25) is 0 Å². The van der Waals surface area contributed by atoms with Crippen LogP contribution in [0.15, 0.2) is 36.4 Å². The van der Waals surface area contributed by atoms with Gasteiger partial charge in [-0.3, -0.25) is 4.90 Å². The normalized spacial score (nSPS) is 22.9. The number of aryl methyl sites for hydroxylation is 2. The second kappa shape index (κ2) is 10.2. The van der Waals surface area contributed by atoms with E-state index < -0.39 is 11.6 Å². The molecule has 1 N–H and O–H groups in total. The Hall–Kier alpha value is -3.67. The summed E-state index contributed by atoms with van der Waals surface area (Å²) in [5.74, 6) is 0.373. The lowest BCUT2D eigenvalue weighted by molar-refractivity contribution is 0.182. The van der Waals surface area contributed by atoms with E-state index in [1.807, 2.05) is 19.1 Å². The van der Waals surface area contributed by atoms with Crippen LogP contribution in [0, 0.1) is 29.9 Å². The van der Waals surface area contributed by atoms with E-state index in [1.165, 1.54) is 31.7 Å². The Labute approximate surface area is 250 Å². The zero-order valence-electron chi connectivity index (χ0n) is 24.6. The summed E-state index contributed by atoms with van der Waals surface area (Å²) >= 11 is 0. The Balaban J connectivity index is 1.33. The van der Waals surface area contributed by atoms with E-state index >= 15 is 8.78 Å². The van der Waals surface area contributed by atoms with Crippen molar-refractivity contribution in [2.75, 3.05) is 31.1 Å². The minimum absolute atomic E-state index is 0.121. The topological polar surface area (TPSA) is 68.1 Å². The Morgan fingerprint density at radius 2 is 1.72 bits per heavy atom. The van der Waals surface area contributed by atoms with Crippen molar-refractivity contribution in [3.05, 3.63) is 65.0 Å². The molecule has 8 heteroatoms. The van der Waals surface area contributed by atoms with E-state index in [-0.39, 0.29) is 22.2 Å². The number of aromatic nitrogens is 2. The third-order valence-corrected chi connectivity index (χ3v) is 10.7. The van der Waals surface area contributed by atoms with E-state index in [0.29, 0.717) is 51.6 Å². The minimum atomic E-state index is -0.572. The number of hydrogen-bond acceptors (Lipinski definition) is 6. The van der Waals surface area contributed by atoms with Crippen LogP contribution in [0.3, 0.4) is 0 Å². The van der Waals surface area contributed by atoms with E-state index in [2.05, 4.69) is 21.2 Å².